The average Bonchev–Trinajstić information content (AvgIpc) is 2.81. The van der Waals surface area contributed by atoms with Crippen molar-refractivity contribution in [1.29, 1.82) is 0 Å². The van der Waals surface area contributed by atoms with Gasteiger partial charge in [0, 0.05) is 12.6 Å². The number of carbonyl (C=O) groups excluding carboxylic acids is 1. The predicted octanol–water partition coefficient (Wildman–Crippen LogP) is 3.44. The van der Waals surface area contributed by atoms with Gasteiger partial charge in [0.15, 0.2) is 5.16 Å². The van der Waals surface area contributed by atoms with E-state index in [0.29, 0.717) is 33.3 Å². The highest BCUT2D eigenvalue weighted by atomic mass is 32.2. The molecular weight excluding hydrogens is 346 g/mol. The number of thioether (sulfide) groups is 1. The molecule has 2 fully saturated rings. The summed E-state index contributed by atoms with van der Waals surface area (Å²) in [5, 5.41) is 1.09. The van der Waals surface area contributed by atoms with E-state index in [1.54, 1.807) is 6.07 Å². The van der Waals surface area contributed by atoms with Crippen LogP contribution in [0.25, 0.3) is 10.9 Å². The Morgan fingerprint density at radius 3 is 2.88 bits per heavy atom. The molecule has 1 N–H and O–H groups in total. The van der Waals surface area contributed by atoms with Crippen LogP contribution in [0, 0.1) is 10.8 Å². The number of H-pyrrole nitrogens is 1. The second kappa shape index (κ2) is 6.12. The van der Waals surface area contributed by atoms with E-state index in [1.165, 1.54) is 18.2 Å². The van der Waals surface area contributed by atoms with Crippen molar-refractivity contribution < 1.29 is 4.79 Å². The van der Waals surface area contributed by atoms with Gasteiger partial charge in [0.25, 0.3) is 5.56 Å². The summed E-state index contributed by atoms with van der Waals surface area (Å²) in [5.74, 6) is 0.464. The number of likely N-dealkylation sites (tertiary alicyclic amines) is 1. The van der Waals surface area contributed by atoms with Crippen molar-refractivity contribution in [2.75, 3.05) is 12.3 Å². The number of aromatic amines is 1. The third-order valence-corrected chi connectivity index (χ3v) is 6.52. The number of rotatable bonds is 3. The fraction of sp³-hybridized carbons (Fsp3) is 0.550. The van der Waals surface area contributed by atoms with E-state index in [4.69, 9.17) is 0 Å². The normalized spacial score (nSPS) is 27.0. The Kier molecular flexibility index (Phi) is 4.14. The molecule has 1 saturated carbocycles. The van der Waals surface area contributed by atoms with Gasteiger partial charge in [-0.2, -0.15) is 0 Å². The molecule has 2 heterocycles. The molecule has 2 aliphatic rings. The van der Waals surface area contributed by atoms with Crippen LogP contribution in [0.15, 0.2) is 34.2 Å². The maximum absolute atomic E-state index is 12.8. The predicted molar refractivity (Wildman–Crippen MR) is 104 cm³/mol. The first-order valence-corrected chi connectivity index (χ1v) is 10.1. The lowest BCUT2D eigenvalue weighted by Crippen LogP contribution is -2.38. The zero-order valence-electron chi connectivity index (χ0n) is 15.5. The van der Waals surface area contributed by atoms with Gasteiger partial charge in [-0.25, -0.2) is 4.98 Å². The van der Waals surface area contributed by atoms with Crippen LogP contribution in [-0.2, 0) is 4.79 Å². The van der Waals surface area contributed by atoms with Crippen molar-refractivity contribution in [3.8, 4) is 0 Å². The van der Waals surface area contributed by atoms with E-state index in [0.717, 1.165) is 19.4 Å². The van der Waals surface area contributed by atoms with Gasteiger partial charge in [0.2, 0.25) is 5.91 Å². The van der Waals surface area contributed by atoms with E-state index in [-0.39, 0.29) is 16.9 Å². The number of carbonyl (C=O) groups is 1. The first kappa shape index (κ1) is 17.6. The number of nitrogens with zero attached hydrogens (tertiary/aromatic N) is 2. The molecule has 2 aromatic rings. The molecule has 26 heavy (non-hydrogen) atoms. The number of hydrogen-bond donors (Lipinski definition) is 1. The smallest absolute Gasteiger partial charge is 0.259 e. The third-order valence-electron chi connectivity index (χ3n) is 5.66. The monoisotopic (exact) mass is 371 g/mol. The van der Waals surface area contributed by atoms with Crippen molar-refractivity contribution in [2.24, 2.45) is 10.8 Å². The Morgan fingerprint density at radius 2 is 2.08 bits per heavy atom. The minimum absolute atomic E-state index is 0.150. The molecule has 1 saturated heterocycles. The van der Waals surface area contributed by atoms with Crippen LogP contribution in [0.3, 0.4) is 0 Å². The summed E-state index contributed by atoms with van der Waals surface area (Å²) in [6, 6.07) is 7.61. The molecule has 1 aliphatic carbocycles. The molecule has 2 bridgehead atoms. The molecule has 6 heteroatoms. The minimum Gasteiger partial charge on any atom is -0.338 e. The van der Waals surface area contributed by atoms with E-state index in [1.807, 2.05) is 18.2 Å². The number of benzene rings is 1. The molecule has 0 spiro atoms. The van der Waals surface area contributed by atoms with Crippen LogP contribution in [0.4, 0.5) is 0 Å². The van der Waals surface area contributed by atoms with Gasteiger partial charge in [-0.15, -0.1) is 0 Å². The first-order chi connectivity index (χ1) is 12.2. The lowest BCUT2D eigenvalue weighted by Gasteiger charge is -2.39. The number of nitrogens with one attached hydrogen (secondary N) is 1. The summed E-state index contributed by atoms with van der Waals surface area (Å²) < 4.78 is 0. The average molecular weight is 372 g/mol. The van der Waals surface area contributed by atoms with Crippen LogP contribution in [0.2, 0.25) is 0 Å². The lowest BCUT2D eigenvalue weighted by molar-refractivity contribution is -0.129. The topological polar surface area (TPSA) is 66.1 Å². The first-order valence-electron chi connectivity index (χ1n) is 9.16. The zero-order valence-corrected chi connectivity index (χ0v) is 16.4. The van der Waals surface area contributed by atoms with E-state index in [9.17, 15) is 9.59 Å². The van der Waals surface area contributed by atoms with Crippen molar-refractivity contribution in [3.63, 3.8) is 0 Å². The number of para-hydroxylation sites is 1. The highest BCUT2D eigenvalue weighted by molar-refractivity contribution is 7.99. The Hall–Kier alpha value is -1.82. The molecule has 2 atom stereocenters. The standard InChI is InChI=1S/C20H25N3O2S/c1-19(2)8-13-9-20(3,11-19)12-23(13)16(24)10-26-18-21-15-7-5-4-6-14(15)17(25)22-18/h4-7,13H,8-12H2,1-3H3,(H,21,22,25)/t13-,20+/m0/s1. The molecule has 1 aromatic heterocycles. The summed E-state index contributed by atoms with van der Waals surface area (Å²) >= 11 is 1.32. The number of amides is 1. The second-order valence-corrected chi connectivity index (χ2v) is 9.88. The van der Waals surface area contributed by atoms with Gasteiger partial charge in [-0.1, -0.05) is 44.7 Å². The third kappa shape index (κ3) is 3.27. The van der Waals surface area contributed by atoms with Crippen LogP contribution < -0.4 is 5.56 Å². The quantitative estimate of drug-likeness (QED) is 0.663. The minimum atomic E-state index is -0.156. The highest BCUT2D eigenvalue weighted by Gasteiger charge is 2.50. The fourth-order valence-electron chi connectivity index (χ4n) is 5.10. The molecule has 0 radical (unpaired) electrons. The van der Waals surface area contributed by atoms with Crippen LogP contribution in [0.1, 0.15) is 40.0 Å². The fourth-order valence-corrected chi connectivity index (χ4v) is 5.85. The van der Waals surface area contributed by atoms with Crippen molar-refractivity contribution in [2.45, 2.75) is 51.2 Å². The summed E-state index contributed by atoms with van der Waals surface area (Å²) in [5.41, 5.74) is 1.04. The molecule has 1 amide bonds. The number of aromatic nitrogens is 2. The Labute approximate surface area is 157 Å². The van der Waals surface area contributed by atoms with Gasteiger partial charge >= 0.3 is 0 Å². The van der Waals surface area contributed by atoms with Crippen LogP contribution in [0.5, 0.6) is 0 Å². The molecule has 1 aliphatic heterocycles. The number of hydrogen-bond acceptors (Lipinski definition) is 4. The number of fused-ring (bicyclic) bond motifs is 3. The molecule has 4 rings (SSSR count). The Morgan fingerprint density at radius 1 is 1.31 bits per heavy atom. The lowest BCUT2D eigenvalue weighted by atomic mass is 9.65. The van der Waals surface area contributed by atoms with Gasteiger partial charge in [-0.05, 0) is 42.2 Å². The van der Waals surface area contributed by atoms with E-state index in [2.05, 4.69) is 35.6 Å². The maximum atomic E-state index is 12.8. The molecule has 138 valence electrons. The zero-order chi connectivity index (χ0) is 18.5. The summed E-state index contributed by atoms with van der Waals surface area (Å²) in [6.45, 7) is 7.78. The van der Waals surface area contributed by atoms with Crippen LogP contribution in [-0.4, -0.2) is 39.1 Å². The van der Waals surface area contributed by atoms with E-state index < -0.39 is 0 Å². The van der Waals surface area contributed by atoms with Gasteiger partial charge in [0.1, 0.15) is 0 Å². The van der Waals surface area contributed by atoms with Crippen molar-refractivity contribution in [1.82, 2.24) is 14.9 Å². The summed E-state index contributed by atoms with van der Waals surface area (Å²) in [7, 11) is 0. The van der Waals surface area contributed by atoms with Crippen LogP contribution >= 0.6 is 11.8 Å². The van der Waals surface area contributed by atoms with Gasteiger partial charge < -0.3 is 9.88 Å². The Bertz CT molecular complexity index is 923. The summed E-state index contributed by atoms with van der Waals surface area (Å²) in [6.07, 6.45) is 3.36. The van der Waals surface area contributed by atoms with E-state index >= 15 is 0 Å². The second-order valence-electron chi connectivity index (χ2n) is 8.91. The Balaban J connectivity index is 1.47. The highest BCUT2D eigenvalue weighted by Crippen LogP contribution is 2.52. The van der Waals surface area contributed by atoms with Crippen molar-refractivity contribution in [3.05, 3.63) is 34.6 Å². The molecule has 5 nitrogen and oxygen atoms in total. The van der Waals surface area contributed by atoms with Gasteiger partial charge in [0.05, 0.1) is 16.7 Å². The maximum Gasteiger partial charge on any atom is 0.259 e. The van der Waals surface area contributed by atoms with Crippen molar-refractivity contribution >= 4 is 28.6 Å². The van der Waals surface area contributed by atoms with Gasteiger partial charge in [-0.3, -0.25) is 9.59 Å². The molecule has 0 unspecified atom stereocenters. The molecular formula is C20H25N3O2S. The summed E-state index contributed by atoms with van der Waals surface area (Å²) in [4.78, 5) is 34.3. The SMILES string of the molecule is CC1(C)C[C@H]2C[C@@](C)(CN2C(=O)CSc2nc3ccccc3c(=O)[nH]2)C1. The molecule has 1 aromatic carbocycles. The largest absolute Gasteiger partial charge is 0.338 e.